The third kappa shape index (κ3) is 3.60. The predicted octanol–water partition coefficient (Wildman–Crippen LogP) is 4.16. The van der Waals surface area contributed by atoms with Gasteiger partial charge in [-0.05, 0) is 49.2 Å². The summed E-state index contributed by atoms with van der Waals surface area (Å²) in [6.07, 6.45) is 5.32. The number of nitrogens with zero attached hydrogens (tertiary/aromatic N) is 2. The van der Waals surface area contributed by atoms with Crippen LogP contribution < -0.4 is 5.32 Å². The molecule has 3 aromatic rings. The molecule has 23 heavy (non-hydrogen) atoms. The molecule has 0 atom stereocenters. The first-order valence-electron chi connectivity index (χ1n) is 7.11. The second-order valence-electron chi connectivity index (χ2n) is 5.24. The number of hydrogen-bond donors (Lipinski definition) is 1. The summed E-state index contributed by atoms with van der Waals surface area (Å²) in [4.78, 5) is 16.4. The van der Waals surface area contributed by atoms with E-state index in [0.717, 1.165) is 22.5 Å². The number of rotatable bonds is 3. The van der Waals surface area contributed by atoms with Crippen LogP contribution in [-0.4, -0.2) is 15.5 Å². The maximum atomic E-state index is 12.4. The van der Waals surface area contributed by atoms with Crippen molar-refractivity contribution in [1.82, 2.24) is 9.55 Å². The highest BCUT2D eigenvalue weighted by Crippen LogP contribution is 2.20. The van der Waals surface area contributed by atoms with Gasteiger partial charge in [-0.15, -0.1) is 12.4 Å². The quantitative estimate of drug-likeness (QED) is 0.785. The summed E-state index contributed by atoms with van der Waals surface area (Å²) in [5.41, 5.74) is 4.60. The van der Waals surface area contributed by atoms with Crippen molar-refractivity contribution >= 4 is 24.0 Å². The Morgan fingerprint density at radius 1 is 1.04 bits per heavy atom. The van der Waals surface area contributed by atoms with Crippen LogP contribution in [-0.2, 0) is 0 Å². The average Bonchev–Trinajstić information content (AvgIpc) is 3.05. The highest BCUT2D eigenvalue weighted by Gasteiger charge is 2.09. The Morgan fingerprint density at radius 3 is 2.26 bits per heavy atom. The number of anilines is 1. The minimum Gasteiger partial charge on any atom is -0.322 e. The number of para-hydroxylation sites is 1. The van der Waals surface area contributed by atoms with Gasteiger partial charge < -0.3 is 9.88 Å². The van der Waals surface area contributed by atoms with Gasteiger partial charge in [-0.3, -0.25) is 4.79 Å². The molecule has 0 aliphatic carbocycles. The molecule has 0 unspecified atom stereocenters. The van der Waals surface area contributed by atoms with E-state index in [-0.39, 0.29) is 18.3 Å². The Balaban J connectivity index is 0.00000192. The second-order valence-corrected chi connectivity index (χ2v) is 5.24. The number of amides is 1. The van der Waals surface area contributed by atoms with E-state index < -0.39 is 0 Å². The minimum atomic E-state index is -0.102. The number of carbonyl (C=O) groups is 1. The molecule has 0 aliphatic heterocycles. The van der Waals surface area contributed by atoms with Crippen molar-refractivity contribution in [3.05, 3.63) is 77.9 Å². The molecule has 4 nitrogen and oxygen atoms in total. The first-order valence-corrected chi connectivity index (χ1v) is 7.11. The number of hydrogen-bond acceptors (Lipinski definition) is 2. The summed E-state index contributed by atoms with van der Waals surface area (Å²) in [6, 6.07) is 13.4. The van der Waals surface area contributed by atoms with Gasteiger partial charge in [0.1, 0.15) is 0 Å². The molecule has 1 heterocycles. The lowest BCUT2D eigenvalue weighted by atomic mass is 10.1. The maximum Gasteiger partial charge on any atom is 0.255 e. The predicted molar refractivity (Wildman–Crippen MR) is 94.7 cm³/mol. The molecule has 0 radical (unpaired) electrons. The van der Waals surface area contributed by atoms with Crippen LogP contribution in [0.4, 0.5) is 5.69 Å². The van der Waals surface area contributed by atoms with Crippen molar-refractivity contribution in [2.75, 3.05) is 5.32 Å². The van der Waals surface area contributed by atoms with Gasteiger partial charge in [0.15, 0.2) is 0 Å². The number of aromatic nitrogens is 2. The Kier molecular flexibility index (Phi) is 5.19. The summed E-state index contributed by atoms with van der Waals surface area (Å²) < 4.78 is 1.90. The van der Waals surface area contributed by atoms with Gasteiger partial charge in [0.2, 0.25) is 0 Å². The lowest BCUT2D eigenvalue weighted by Gasteiger charge is -2.11. The molecule has 0 bridgehead atoms. The Bertz CT molecular complexity index is 775. The zero-order valence-corrected chi connectivity index (χ0v) is 13.8. The molecule has 1 amide bonds. The summed E-state index contributed by atoms with van der Waals surface area (Å²) in [7, 11) is 0. The molecule has 0 aliphatic rings. The zero-order chi connectivity index (χ0) is 15.5. The highest BCUT2D eigenvalue weighted by molar-refractivity contribution is 6.05. The van der Waals surface area contributed by atoms with Crippen LogP contribution in [0.25, 0.3) is 5.69 Å². The van der Waals surface area contributed by atoms with Gasteiger partial charge in [0.25, 0.3) is 5.91 Å². The molecule has 3 rings (SSSR count). The maximum absolute atomic E-state index is 12.4. The fourth-order valence-electron chi connectivity index (χ4n) is 2.39. The van der Waals surface area contributed by atoms with Crippen LogP contribution in [0.2, 0.25) is 0 Å². The van der Waals surface area contributed by atoms with Gasteiger partial charge in [0.05, 0.1) is 6.33 Å². The van der Waals surface area contributed by atoms with E-state index in [0.29, 0.717) is 5.56 Å². The van der Waals surface area contributed by atoms with Gasteiger partial charge in [-0.1, -0.05) is 18.2 Å². The molecule has 0 spiro atoms. The zero-order valence-electron chi connectivity index (χ0n) is 13.0. The molecule has 5 heteroatoms. The molecule has 1 aromatic heterocycles. The molecular weight excluding hydrogens is 310 g/mol. The molecule has 1 N–H and O–H groups in total. The van der Waals surface area contributed by atoms with Crippen molar-refractivity contribution in [1.29, 1.82) is 0 Å². The van der Waals surface area contributed by atoms with Crippen molar-refractivity contribution in [3.8, 4) is 5.69 Å². The van der Waals surface area contributed by atoms with Crippen LogP contribution in [0, 0.1) is 13.8 Å². The SMILES string of the molecule is Cc1cccc(C)c1NC(=O)c1ccc(-n2ccnc2)cc1.Cl. The number of aryl methyl sites for hydroxylation is 2. The largest absolute Gasteiger partial charge is 0.322 e. The molecule has 2 aromatic carbocycles. The average molecular weight is 328 g/mol. The number of imidazole rings is 1. The van der Waals surface area contributed by atoms with E-state index in [1.54, 1.807) is 12.5 Å². The van der Waals surface area contributed by atoms with Crippen molar-refractivity contribution < 1.29 is 4.79 Å². The lowest BCUT2D eigenvalue weighted by molar-refractivity contribution is 0.102. The third-order valence-electron chi connectivity index (χ3n) is 3.65. The smallest absolute Gasteiger partial charge is 0.255 e. The molecule has 118 valence electrons. The fourth-order valence-corrected chi connectivity index (χ4v) is 2.39. The van der Waals surface area contributed by atoms with E-state index in [1.807, 2.05) is 67.1 Å². The van der Waals surface area contributed by atoms with E-state index in [2.05, 4.69) is 10.3 Å². The van der Waals surface area contributed by atoms with Crippen molar-refractivity contribution in [2.45, 2.75) is 13.8 Å². The van der Waals surface area contributed by atoms with Crippen LogP contribution in [0.3, 0.4) is 0 Å². The monoisotopic (exact) mass is 327 g/mol. The molecular formula is C18H18ClN3O. The first kappa shape index (κ1) is 16.8. The van der Waals surface area contributed by atoms with Crippen LogP contribution >= 0.6 is 12.4 Å². The van der Waals surface area contributed by atoms with Gasteiger partial charge in [0, 0.05) is 29.3 Å². The van der Waals surface area contributed by atoms with Crippen molar-refractivity contribution in [3.63, 3.8) is 0 Å². The summed E-state index contributed by atoms with van der Waals surface area (Å²) in [6.45, 7) is 3.98. The van der Waals surface area contributed by atoms with Gasteiger partial charge in [-0.2, -0.15) is 0 Å². The van der Waals surface area contributed by atoms with Crippen LogP contribution in [0.1, 0.15) is 21.5 Å². The van der Waals surface area contributed by atoms with Crippen LogP contribution in [0.5, 0.6) is 0 Å². The molecule has 0 saturated carbocycles. The summed E-state index contributed by atoms with van der Waals surface area (Å²) >= 11 is 0. The van der Waals surface area contributed by atoms with E-state index in [9.17, 15) is 4.79 Å². The van der Waals surface area contributed by atoms with E-state index >= 15 is 0 Å². The van der Waals surface area contributed by atoms with E-state index in [4.69, 9.17) is 0 Å². The molecule has 0 fully saturated rings. The third-order valence-corrected chi connectivity index (χ3v) is 3.65. The number of benzene rings is 2. The minimum absolute atomic E-state index is 0. The topological polar surface area (TPSA) is 46.9 Å². The number of carbonyl (C=O) groups excluding carboxylic acids is 1. The standard InChI is InChI=1S/C18H17N3O.ClH/c1-13-4-3-5-14(2)17(13)20-18(22)15-6-8-16(9-7-15)21-11-10-19-12-21;/h3-12H,1-2H3,(H,20,22);1H. The van der Waals surface area contributed by atoms with E-state index in [1.165, 1.54) is 0 Å². The highest BCUT2D eigenvalue weighted by atomic mass is 35.5. The Hall–Kier alpha value is -2.59. The fraction of sp³-hybridized carbons (Fsp3) is 0.111. The number of nitrogens with one attached hydrogen (secondary N) is 1. The van der Waals surface area contributed by atoms with Crippen LogP contribution in [0.15, 0.2) is 61.2 Å². The normalized spacial score (nSPS) is 10.0. The summed E-state index contributed by atoms with van der Waals surface area (Å²) in [5, 5.41) is 2.99. The Labute approximate surface area is 141 Å². The first-order chi connectivity index (χ1) is 10.6. The van der Waals surface area contributed by atoms with Crippen molar-refractivity contribution in [2.24, 2.45) is 0 Å². The second kappa shape index (κ2) is 7.11. The Morgan fingerprint density at radius 2 is 1.70 bits per heavy atom. The molecule has 0 saturated heterocycles. The van der Waals surface area contributed by atoms with Gasteiger partial charge >= 0.3 is 0 Å². The number of halogens is 1. The lowest BCUT2D eigenvalue weighted by Crippen LogP contribution is -2.13. The summed E-state index contributed by atoms with van der Waals surface area (Å²) in [5.74, 6) is -0.102. The van der Waals surface area contributed by atoms with Gasteiger partial charge in [-0.25, -0.2) is 4.98 Å².